The van der Waals surface area contributed by atoms with Gasteiger partial charge in [-0.25, -0.2) is 0 Å². The molecule has 1 atom stereocenters. The highest BCUT2D eigenvalue weighted by Gasteiger charge is 2.26. The third-order valence-electron chi connectivity index (χ3n) is 4.45. The zero-order valence-electron chi connectivity index (χ0n) is 17.8. The van der Waals surface area contributed by atoms with Crippen molar-refractivity contribution in [2.75, 3.05) is 13.2 Å². The van der Waals surface area contributed by atoms with Crippen molar-refractivity contribution in [2.45, 2.75) is 27.2 Å². The van der Waals surface area contributed by atoms with Crippen LogP contribution in [0.15, 0.2) is 106 Å². The van der Waals surface area contributed by atoms with E-state index in [4.69, 9.17) is 12.5 Å². The van der Waals surface area contributed by atoms with E-state index in [2.05, 4.69) is 0 Å². The minimum atomic E-state index is -4.29. The molecule has 0 aromatic heterocycles. The van der Waals surface area contributed by atoms with Crippen LogP contribution in [0.2, 0.25) is 0 Å². The molecule has 0 heterocycles. The summed E-state index contributed by atoms with van der Waals surface area (Å²) in [5, 5.41) is 0. The highest BCUT2D eigenvalue weighted by atomic mass is 32.2. The Hall–Kier alpha value is -2.61. The second-order valence-electron chi connectivity index (χ2n) is 6.91. The van der Waals surface area contributed by atoms with Gasteiger partial charge in [0.05, 0.1) is 27.9 Å². The first-order valence-corrected chi connectivity index (χ1v) is 14.2. The summed E-state index contributed by atoms with van der Waals surface area (Å²) in [4.78, 5) is -0.349. The molecule has 1 unspecified atom stereocenters. The van der Waals surface area contributed by atoms with Gasteiger partial charge in [0.25, 0.3) is 30.4 Å². The fourth-order valence-electron chi connectivity index (χ4n) is 2.75. The van der Waals surface area contributed by atoms with Crippen molar-refractivity contribution in [3.63, 3.8) is 0 Å². The lowest BCUT2D eigenvalue weighted by Crippen LogP contribution is -2.27. The fraction of sp³-hybridized carbons (Fsp3) is 0.182. The van der Waals surface area contributed by atoms with Crippen molar-refractivity contribution in [1.29, 1.82) is 0 Å². The number of benzene rings is 3. The topological polar surface area (TPSA) is 130 Å². The second-order valence-corrected chi connectivity index (χ2v) is 11.7. The van der Waals surface area contributed by atoms with E-state index < -0.39 is 49.7 Å². The van der Waals surface area contributed by atoms with Crippen LogP contribution >= 0.6 is 0 Å². The monoisotopic (exact) mass is 526 g/mol. The van der Waals surface area contributed by atoms with E-state index in [1.165, 1.54) is 72.8 Å². The van der Waals surface area contributed by atoms with Gasteiger partial charge >= 0.3 is 0 Å². The molecule has 0 saturated carbocycles. The summed E-state index contributed by atoms with van der Waals surface area (Å²) in [6.45, 7) is -1.15. The molecule has 0 saturated heterocycles. The Balaban J connectivity index is 1.73. The van der Waals surface area contributed by atoms with Gasteiger partial charge in [0, 0.05) is 6.42 Å². The first kappa shape index (κ1) is 26.0. The van der Waals surface area contributed by atoms with E-state index in [1.54, 1.807) is 18.2 Å². The van der Waals surface area contributed by atoms with Gasteiger partial charge < -0.3 is 0 Å². The van der Waals surface area contributed by atoms with Crippen molar-refractivity contribution < 1.29 is 37.8 Å². The maximum Gasteiger partial charge on any atom is 0.297 e. The molecule has 0 aliphatic rings. The van der Waals surface area contributed by atoms with E-state index >= 15 is 0 Å². The molecule has 9 nitrogen and oxygen atoms in total. The SMILES string of the molecule is O=S(=O)(OCCC(COS(=O)(=O)c1ccccc1)OS(=O)(=O)c1ccccc1)c1ccccc1. The molecule has 0 fully saturated rings. The smallest absolute Gasteiger partial charge is 0.266 e. The molecular weight excluding hydrogens is 504 g/mol. The van der Waals surface area contributed by atoms with Crippen LogP contribution in [0.3, 0.4) is 0 Å². The largest absolute Gasteiger partial charge is 0.297 e. The van der Waals surface area contributed by atoms with Crippen molar-refractivity contribution in [3.8, 4) is 0 Å². The molecule has 0 spiro atoms. The first-order valence-electron chi connectivity index (χ1n) is 9.97. The lowest BCUT2D eigenvalue weighted by molar-refractivity contribution is 0.114. The van der Waals surface area contributed by atoms with Crippen LogP contribution in [-0.4, -0.2) is 44.6 Å². The molecule has 0 aliphatic carbocycles. The zero-order valence-corrected chi connectivity index (χ0v) is 20.2. The molecule has 0 aliphatic heterocycles. The quantitative estimate of drug-likeness (QED) is 0.327. The number of hydrogen-bond donors (Lipinski definition) is 0. The molecule has 34 heavy (non-hydrogen) atoms. The minimum absolute atomic E-state index is 0.0766. The predicted molar refractivity (Wildman–Crippen MR) is 122 cm³/mol. The van der Waals surface area contributed by atoms with Crippen LogP contribution in [0, 0.1) is 0 Å². The Labute approximate surface area is 199 Å². The van der Waals surface area contributed by atoms with Gasteiger partial charge in [0.1, 0.15) is 6.10 Å². The van der Waals surface area contributed by atoms with Gasteiger partial charge in [0.2, 0.25) is 0 Å². The van der Waals surface area contributed by atoms with Crippen LogP contribution in [0.25, 0.3) is 0 Å². The Morgan fingerprint density at radius 3 is 1.35 bits per heavy atom. The molecule has 0 amide bonds. The zero-order chi connectivity index (χ0) is 24.7. The van der Waals surface area contributed by atoms with Crippen LogP contribution < -0.4 is 0 Å². The van der Waals surface area contributed by atoms with Gasteiger partial charge in [-0.1, -0.05) is 54.6 Å². The number of rotatable bonds is 12. The van der Waals surface area contributed by atoms with Crippen molar-refractivity contribution in [1.82, 2.24) is 0 Å². The third-order valence-corrected chi connectivity index (χ3v) is 8.44. The first-order chi connectivity index (χ1) is 16.1. The van der Waals surface area contributed by atoms with Crippen LogP contribution in [0.5, 0.6) is 0 Å². The van der Waals surface area contributed by atoms with E-state index in [-0.39, 0.29) is 21.1 Å². The molecule has 3 aromatic carbocycles. The summed E-state index contributed by atoms with van der Waals surface area (Å²) in [6, 6.07) is 21.9. The van der Waals surface area contributed by atoms with Crippen LogP contribution in [0.4, 0.5) is 0 Å². The van der Waals surface area contributed by atoms with Crippen molar-refractivity contribution >= 4 is 30.4 Å². The van der Waals surface area contributed by atoms with E-state index in [0.717, 1.165) is 0 Å². The van der Waals surface area contributed by atoms with Crippen LogP contribution in [0.1, 0.15) is 6.42 Å². The highest BCUT2D eigenvalue weighted by molar-refractivity contribution is 7.87. The fourth-order valence-corrected chi connectivity index (χ4v) is 5.76. The van der Waals surface area contributed by atoms with Gasteiger partial charge in [0.15, 0.2) is 0 Å². The maximum absolute atomic E-state index is 12.6. The van der Waals surface area contributed by atoms with Crippen LogP contribution in [-0.2, 0) is 42.9 Å². The highest BCUT2D eigenvalue weighted by Crippen LogP contribution is 2.19. The molecule has 12 heteroatoms. The lowest BCUT2D eigenvalue weighted by atomic mass is 10.3. The summed E-state index contributed by atoms with van der Waals surface area (Å²) in [7, 11) is -12.6. The second kappa shape index (κ2) is 11.2. The third kappa shape index (κ3) is 7.19. The molecule has 3 rings (SSSR count). The van der Waals surface area contributed by atoms with Crippen molar-refractivity contribution in [2.24, 2.45) is 0 Å². The Kier molecular flexibility index (Phi) is 8.57. The molecule has 182 valence electrons. The van der Waals surface area contributed by atoms with Gasteiger partial charge in [-0.15, -0.1) is 0 Å². The average Bonchev–Trinajstić information content (AvgIpc) is 2.84. The number of hydrogen-bond acceptors (Lipinski definition) is 9. The van der Waals surface area contributed by atoms with E-state index in [9.17, 15) is 25.3 Å². The summed E-state index contributed by atoms with van der Waals surface area (Å²) in [5.41, 5.74) is 0. The molecule has 0 N–H and O–H groups in total. The summed E-state index contributed by atoms with van der Waals surface area (Å²) >= 11 is 0. The Morgan fingerprint density at radius 2 is 0.912 bits per heavy atom. The Bertz CT molecular complexity index is 1370. The molecule has 3 aromatic rings. The summed E-state index contributed by atoms with van der Waals surface area (Å²) < 4.78 is 89.9. The maximum atomic E-state index is 12.6. The molecular formula is C22H22O9S3. The minimum Gasteiger partial charge on any atom is -0.266 e. The Morgan fingerprint density at radius 1 is 0.529 bits per heavy atom. The lowest BCUT2D eigenvalue weighted by Gasteiger charge is -2.18. The molecule has 0 radical (unpaired) electrons. The summed E-state index contributed by atoms with van der Waals surface area (Å²) in [5.74, 6) is 0. The van der Waals surface area contributed by atoms with Crippen molar-refractivity contribution in [3.05, 3.63) is 91.0 Å². The van der Waals surface area contributed by atoms with E-state index in [0.29, 0.717) is 0 Å². The van der Waals surface area contributed by atoms with E-state index in [1.807, 2.05) is 0 Å². The van der Waals surface area contributed by atoms with Gasteiger partial charge in [-0.2, -0.15) is 25.3 Å². The summed E-state index contributed by atoms with van der Waals surface area (Å²) in [6.07, 6.45) is -1.64. The molecule has 0 bridgehead atoms. The average molecular weight is 527 g/mol. The predicted octanol–water partition coefficient (Wildman–Crippen LogP) is 2.96. The standard InChI is InChI=1S/C22H22O9S3/c23-32(24,20-10-4-1-5-11-20)29-17-16-19(31-34(27,28)22-14-8-3-9-15-22)18-30-33(25,26)21-12-6-2-7-13-21/h1-15,19H,16-18H2. The normalized spacial score (nSPS) is 13.4. The van der Waals surface area contributed by atoms with Gasteiger partial charge in [-0.3, -0.25) is 12.5 Å². The van der Waals surface area contributed by atoms with Gasteiger partial charge in [-0.05, 0) is 36.4 Å².